The molecule has 0 aromatic heterocycles. The molecule has 2 heteroatoms. The van der Waals surface area contributed by atoms with E-state index in [4.69, 9.17) is 4.74 Å². The van der Waals surface area contributed by atoms with Crippen LogP contribution >= 0.6 is 0 Å². The molecule has 0 atom stereocenters. The highest BCUT2D eigenvalue weighted by atomic mass is 16.5. The summed E-state index contributed by atoms with van der Waals surface area (Å²) in [5.74, 6) is 0.619. The van der Waals surface area contributed by atoms with Crippen LogP contribution in [0, 0.1) is 12.8 Å². The monoisotopic (exact) mass is 204 g/mol. The number of ketones is 1. The van der Waals surface area contributed by atoms with Gasteiger partial charge < -0.3 is 4.74 Å². The molecule has 1 saturated carbocycles. The van der Waals surface area contributed by atoms with Crippen molar-refractivity contribution in [3.63, 3.8) is 0 Å². The molecule has 1 fully saturated rings. The van der Waals surface area contributed by atoms with Crippen LogP contribution in [0.4, 0.5) is 0 Å². The van der Waals surface area contributed by atoms with Gasteiger partial charge in [0, 0.05) is 18.6 Å². The molecule has 1 aromatic carbocycles. The predicted octanol–water partition coefficient (Wildman–Crippen LogP) is 2.73. The van der Waals surface area contributed by atoms with Gasteiger partial charge in [-0.1, -0.05) is 18.2 Å². The Morgan fingerprint density at radius 1 is 1.47 bits per heavy atom. The SMILES string of the molecule is COCc1ccc(C(=O)C2CC2)c(C)c1. The summed E-state index contributed by atoms with van der Waals surface area (Å²) in [4.78, 5) is 11.9. The van der Waals surface area contributed by atoms with Crippen molar-refractivity contribution in [2.24, 2.45) is 5.92 Å². The molecule has 0 N–H and O–H groups in total. The van der Waals surface area contributed by atoms with Crippen LogP contribution in [0.2, 0.25) is 0 Å². The molecule has 0 heterocycles. The first kappa shape index (κ1) is 10.4. The summed E-state index contributed by atoms with van der Waals surface area (Å²) in [5, 5.41) is 0. The number of Topliss-reactive ketones (excluding diaryl/α,β-unsaturated/α-hetero) is 1. The van der Waals surface area contributed by atoms with Crippen LogP contribution in [-0.4, -0.2) is 12.9 Å². The lowest BCUT2D eigenvalue weighted by atomic mass is 9.99. The van der Waals surface area contributed by atoms with Crippen LogP contribution in [-0.2, 0) is 11.3 Å². The number of ether oxygens (including phenoxy) is 1. The van der Waals surface area contributed by atoms with Crippen molar-refractivity contribution in [3.8, 4) is 0 Å². The zero-order valence-corrected chi connectivity index (χ0v) is 9.25. The van der Waals surface area contributed by atoms with E-state index < -0.39 is 0 Å². The van der Waals surface area contributed by atoms with Gasteiger partial charge in [-0.2, -0.15) is 0 Å². The molecule has 1 aliphatic rings. The minimum absolute atomic E-state index is 0.303. The summed E-state index contributed by atoms with van der Waals surface area (Å²) >= 11 is 0. The average molecular weight is 204 g/mol. The maximum atomic E-state index is 11.9. The standard InChI is InChI=1S/C13H16O2/c1-9-7-10(8-15-2)3-6-12(9)13(14)11-4-5-11/h3,6-7,11H,4-5,8H2,1-2H3. The van der Waals surface area contributed by atoms with Gasteiger partial charge in [-0.3, -0.25) is 4.79 Å². The normalized spacial score (nSPS) is 15.3. The molecule has 0 spiro atoms. The largest absolute Gasteiger partial charge is 0.380 e. The molecule has 2 rings (SSSR count). The van der Waals surface area contributed by atoms with E-state index in [-0.39, 0.29) is 0 Å². The summed E-state index contributed by atoms with van der Waals surface area (Å²) in [7, 11) is 1.68. The smallest absolute Gasteiger partial charge is 0.166 e. The zero-order valence-electron chi connectivity index (χ0n) is 9.25. The van der Waals surface area contributed by atoms with Crippen molar-refractivity contribution in [2.45, 2.75) is 26.4 Å². The van der Waals surface area contributed by atoms with Crippen LogP contribution < -0.4 is 0 Å². The number of carbonyl (C=O) groups excluding carboxylic acids is 1. The zero-order chi connectivity index (χ0) is 10.8. The molecule has 2 nitrogen and oxygen atoms in total. The topological polar surface area (TPSA) is 26.3 Å². The summed E-state index contributed by atoms with van der Waals surface area (Å²) in [6.45, 7) is 2.60. The molecule has 1 aromatic rings. The minimum atomic E-state index is 0.303. The van der Waals surface area contributed by atoms with Gasteiger partial charge in [-0.05, 0) is 30.9 Å². The Morgan fingerprint density at radius 3 is 2.73 bits per heavy atom. The van der Waals surface area contributed by atoms with Gasteiger partial charge in [0.2, 0.25) is 0 Å². The van der Waals surface area contributed by atoms with Crippen LogP contribution in [0.15, 0.2) is 18.2 Å². The number of carbonyl (C=O) groups is 1. The number of benzene rings is 1. The Labute approximate surface area is 90.3 Å². The molecular weight excluding hydrogens is 188 g/mol. The van der Waals surface area contributed by atoms with Gasteiger partial charge in [-0.25, -0.2) is 0 Å². The van der Waals surface area contributed by atoms with Gasteiger partial charge in [0.15, 0.2) is 5.78 Å². The van der Waals surface area contributed by atoms with E-state index in [1.807, 2.05) is 25.1 Å². The molecule has 0 amide bonds. The van der Waals surface area contributed by atoms with E-state index in [2.05, 4.69) is 0 Å². The average Bonchev–Trinajstić information content (AvgIpc) is 3.01. The number of rotatable bonds is 4. The van der Waals surface area contributed by atoms with E-state index in [1.165, 1.54) is 0 Å². The Bertz CT molecular complexity index is 378. The maximum Gasteiger partial charge on any atom is 0.166 e. The van der Waals surface area contributed by atoms with Crippen molar-refractivity contribution < 1.29 is 9.53 Å². The molecule has 0 unspecified atom stereocenters. The number of methoxy groups -OCH3 is 1. The van der Waals surface area contributed by atoms with Crippen LogP contribution in [0.5, 0.6) is 0 Å². The first-order chi connectivity index (χ1) is 7.22. The summed E-state index contributed by atoms with van der Waals surface area (Å²) in [6, 6.07) is 5.95. The van der Waals surface area contributed by atoms with Gasteiger partial charge in [0.05, 0.1) is 6.61 Å². The second-order valence-corrected chi connectivity index (χ2v) is 4.22. The van der Waals surface area contributed by atoms with Crippen molar-refractivity contribution >= 4 is 5.78 Å². The summed E-state index contributed by atoms with van der Waals surface area (Å²) < 4.78 is 5.06. The van der Waals surface area contributed by atoms with Crippen LogP contribution in [0.25, 0.3) is 0 Å². The predicted molar refractivity (Wildman–Crippen MR) is 58.9 cm³/mol. The Morgan fingerprint density at radius 2 is 2.20 bits per heavy atom. The molecular formula is C13H16O2. The second-order valence-electron chi connectivity index (χ2n) is 4.22. The van der Waals surface area contributed by atoms with Crippen molar-refractivity contribution in [3.05, 3.63) is 34.9 Å². The van der Waals surface area contributed by atoms with Crippen molar-refractivity contribution in [1.29, 1.82) is 0 Å². The lowest BCUT2D eigenvalue weighted by Gasteiger charge is -2.06. The van der Waals surface area contributed by atoms with Crippen molar-refractivity contribution in [1.82, 2.24) is 0 Å². The Kier molecular flexibility index (Phi) is 2.87. The van der Waals surface area contributed by atoms with E-state index in [0.717, 1.165) is 29.5 Å². The molecule has 1 aliphatic carbocycles. The molecule has 0 radical (unpaired) electrons. The highest BCUT2D eigenvalue weighted by Gasteiger charge is 2.30. The number of hydrogen-bond donors (Lipinski definition) is 0. The van der Waals surface area contributed by atoms with Crippen LogP contribution in [0.3, 0.4) is 0 Å². The van der Waals surface area contributed by atoms with Gasteiger partial charge >= 0.3 is 0 Å². The summed E-state index contributed by atoms with van der Waals surface area (Å²) in [6.07, 6.45) is 2.14. The first-order valence-electron chi connectivity index (χ1n) is 5.35. The third-order valence-electron chi connectivity index (χ3n) is 2.82. The number of hydrogen-bond acceptors (Lipinski definition) is 2. The van der Waals surface area contributed by atoms with Crippen LogP contribution in [0.1, 0.15) is 34.3 Å². The lowest BCUT2D eigenvalue weighted by Crippen LogP contribution is -2.04. The first-order valence-corrected chi connectivity index (χ1v) is 5.35. The molecule has 80 valence electrons. The fraction of sp³-hybridized carbons (Fsp3) is 0.462. The summed E-state index contributed by atoms with van der Waals surface area (Å²) in [5.41, 5.74) is 3.08. The third kappa shape index (κ3) is 2.26. The Balaban J connectivity index is 2.21. The van der Waals surface area contributed by atoms with Crippen molar-refractivity contribution in [2.75, 3.05) is 7.11 Å². The lowest BCUT2D eigenvalue weighted by molar-refractivity contribution is 0.0967. The minimum Gasteiger partial charge on any atom is -0.380 e. The fourth-order valence-corrected chi connectivity index (χ4v) is 1.82. The molecule has 0 saturated heterocycles. The van der Waals surface area contributed by atoms with Gasteiger partial charge in [0.1, 0.15) is 0 Å². The quantitative estimate of drug-likeness (QED) is 0.705. The highest BCUT2D eigenvalue weighted by molar-refractivity contribution is 6.00. The van der Waals surface area contributed by atoms with E-state index in [0.29, 0.717) is 18.3 Å². The van der Waals surface area contributed by atoms with E-state index in [1.54, 1.807) is 7.11 Å². The highest BCUT2D eigenvalue weighted by Crippen LogP contribution is 2.33. The third-order valence-corrected chi connectivity index (χ3v) is 2.82. The van der Waals surface area contributed by atoms with E-state index in [9.17, 15) is 4.79 Å². The Hall–Kier alpha value is -1.15. The molecule has 15 heavy (non-hydrogen) atoms. The van der Waals surface area contributed by atoms with E-state index >= 15 is 0 Å². The maximum absolute atomic E-state index is 11.9. The fourth-order valence-electron chi connectivity index (χ4n) is 1.82. The van der Waals surface area contributed by atoms with Gasteiger partial charge in [-0.15, -0.1) is 0 Å². The number of aryl methyl sites for hydroxylation is 1. The molecule has 0 aliphatic heterocycles. The van der Waals surface area contributed by atoms with Gasteiger partial charge in [0.25, 0.3) is 0 Å². The molecule has 0 bridgehead atoms. The second kappa shape index (κ2) is 4.15.